The summed E-state index contributed by atoms with van der Waals surface area (Å²) in [4.78, 5) is 12.1. The van der Waals surface area contributed by atoms with E-state index in [4.69, 9.17) is 14.2 Å². The summed E-state index contributed by atoms with van der Waals surface area (Å²) < 4.78 is 16.0. The maximum absolute atomic E-state index is 12.1. The molecule has 0 saturated carbocycles. The van der Waals surface area contributed by atoms with Crippen molar-refractivity contribution in [3.8, 4) is 17.2 Å². The van der Waals surface area contributed by atoms with Crippen molar-refractivity contribution in [3.63, 3.8) is 0 Å². The van der Waals surface area contributed by atoms with Crippen LogP contribution in [0.3, 0.4) is 0 Å². The second kappa shape index (κ2) is 8.82. The minimum absolute atomic E-state index is 0.158. The van der Waals surface area contributed by atoms with Gasteiger partial charge in [0.2, 0.25) is 0 Å². The summed E-state index contributed by atoms with van der Waals surface area (Å²) in [5.41, 5.74) is 1.13. The van der Waals surface area contributed by atoms with Crippen molar-refractivity contribution in [1.82, 2.24) is 5.32 Å². The predicted molar refractivity (Wildman–Crippen MR) is 92.8 cm³/mol. The summed E-state index contributed by atoms with van der Waals surface area (Å²) in [6, 6.07) is 15.1. The zero-order chi connectivity index (χ0) is 17.4. The number of amides is 1. The second-order valence-corrected chi connectivity index (χ2v) is 5.30. The maximum Gasteiger partial charge on any atom is 0.260 e. The topological polar surface area (TPSA) is 56.8 Å². The van der Waals surface area contributed by atoms with Gasteiger partial charge in [-0.15, -0.1) is 0 Å². The third-order valence-corrected chi connectivity index (χ3v) is 3.61. The van der Waals surface area contributed by atoms with Crippen LogP contribution in [0.1, 0.15) is 12.5 Å². The molecule has 0 radical (unpaired) electrons. The van der Waals surface area contributed by atoms with Crippen LogP contribution < -0.4 is 19.5 Å². The number of hydrogen-bond acceptors (Lipinski definition) is 4. The Balaban J connectivity index is 1.80. The van der Waals surface area contributed by atoms with E-state index >= 15 is 0 Å². The molecule has 0 aliphatic heterocycles. The number of methoxy groups -OCH3 is 2. The molecule has 0 bridgehead atoms. The number of rotatable bonds is 8. The van der Waals surface area contributed by atoms with Gasteiger partial charge in [0.25, 0.3) is 5.91 Å². The largest absolute Gasteiger partial charge is 0.497 e. The standard InChI is InChI=1S/C19H23NO4/c1-14(24-18-7-5-4-6-17(18)23-3)19(21)20-13-12-15-8-10-16(22-2)11-9-15/h4-11,14H,12-13H2,1-3H3,(H,20,21)/t14-/m0/s1. The van der Waals surface area contributed by atoms with Gasteiger partial charge in [-0.05, 0) is 43.2 Å². The zero-order valence-electron chi connectivity index (χ0n) is 14.2. The van der Waals surface area contributed by atoms with Gasteiger partial charge in [0, 0.05) is 6.54 Å². The first-order valence-corrected chi connectivity index (χ1v) is 7.84. The third kappa shape index (κ3) is 4.91. The number of hydrogen-bond donors (Lipinski definition) is 1. The number of benzene rings is 2. The second-order valence-electron chi connectivity index (χ2n) is 5.30. The van der Waals surface area contributed by atoms with Gasteiger partial charge < -0.3 is 19.5 Å². The Labute approximate surface area is 142 Å². The molecule has 0 saturated heterocycles. The summed E-state index contributed by atoms with van der Waals surface area (Å²) in [5.74, 6) is 1.82. The highest BCUT2D eigenvalue weighted by Crippen LogP contribution is 2.26. The van der Waals surface area contributed by atoms with Crippen LogP contribution >= 0.6 is 0 Å². The molecule has 5 heteroatoms. The van der Waals surface area contributed by atoms with Gasteiger partial charge in [-0.3, -0.25) is 4.79 Å². The monoisotopic (exact) mass is 329 g/mol. The Morgan fingerprint density at radius 2 is 1.67 bits per heavy atom. The number of nitrogens with one attached hydrogen (secondary N) is 1. The van der Waals surface area contributed by atoms with Crippen molar-refractivity contribution in [2.45, 2.75) is 19.4 Å². The fraction of sp³-hybridized carbons (Fsp3) is 0.316. The molecule has 0 unspecified atom stereocenters. The Morgan fingerprint density at radius 1 is 1.00 bits per heavy atom. The maximum atomic E-state index is 12.1. The smallest absolute Gasteiger partial charge is 0.260 e. The summed E-state index contributed by atoms with van der Waals surface area (Å²) in [6.45, 7) is 2.26. The van der Waals surface area contributed by atoms with E-state index < -0.39 is 6.10 Å². The average Bonchev–Trinajstić information content (AvgIpc) is 2.62. The number of para-hydroxylation sites is 2. The number of carbonyl (C=O) groups is 1. The van der Waals surface area contributed by atoms with E-state index in [-0.39, 0.29) is 5.91 Å². The van der Waals surface area contributed by atoms with Crippen LogP contribution in [-0.4, -0.2) is 32.8 Å². The van der Waals surface area contributed by atoms with Gasteiger partial charge in [-0.1, -0.05) is 24.3 Å². The van der Waals surface area contributed by atoms with E-state index in [1.165, 1.54) is 0 Å². The molecule has 128 valence electrons. The van der Waals surface area contributed by atoms with Gasteiger partial charge in [-0.25, -0.2) is 0 Å². The Morgan fingerprint density at radius 3 is 2.29 bits per heavy atom. The summed E-state index contributed by atoms with van der Waals surface area (Å²) in [5, 5.41) is 2.88. The van der Waals surface area contributed by atoms with Crippen LogP contribution in [0.2, 0.25) is 0 Å². The molecule has 2 rings (SSSR count). The minimum Gasteiger partial charge on any atom is -0.497 e. The van der Waals surface area contributed by atoms with Crippen LogP contribution in [0.25, 0.3) is 0 Å². The van der Waals surface area contributed by atoms with E-state index in [2.05, 4.69) is 5.32 Å². The number of ether oxygens (including phenoxy) is 3. The van der Waals surface area contributed by atoms with Gasteiger partial charge in [0.15, 0.2) is 17.6 Å². The Kier molecular flexibility index (Phi) is 6.49. The zero-order valence-corrected chi connectivity index (χ0v) is 14.2. The normalized spacial score (nSPS) is 11.5. The molecule has 2 aromatic carbocycles. The fourth-order valence-electron chi connectivity index (χ4n) is 2.23. The number of carbonyl (C=O) groups excluding carboxylic acids is 1. The quantitative estimate of drug-likeness (QED) is 0.809. The molecule has 1 N–H and O–H groups in total. The van der Waals surface area contributed by atoms with E-state index in [0.29, 0.717) is 18.0 Å². The van der Waals surface area contributed by atoms with Gasteiger partial charge in [-0.2, -0.15) is 0 Å². The summed E-state index contributed by atoms with van der Waals surface area (Å²) >= 11 is 0. The van der Waals surface area contributed by atoms with Crippen molar-refractivity contribution in [3.05, 3.63) is 54.1 Å². The van der Waals surface area contributed by atoms with Crippen LogP contribution in [0, 0.1) is 0 Å². The molecular weight excluding hydrogens is 306 g/mol. The lowest BCUT2D eigenvalue weighted by atomic mass is 10.1. The van der Waals surface area contributed by atoms with Crippen LogP contribution in [0.4, 0.5) is 0 Å². The average molecular weight is 329 g/mol. The molecular formula is C19H23NO4. The van der Waals surface area contributed by atoms with Crippen molar-refractivity contribution in [2.24, 2.45) is 0 Å². The van der Waals surface area contributed by atoms with Gasteiger partial charge in [0.1, 0.15) is 5.75 Å². The third-order valence-electron chi connectivity index (χ3n) is 3.61. The van der Waals surface area contributed by atoms with Gasteiger partial charge in [0.05, 0.1) is 14.2 Å². The molecule has 2 aromatic rings. The summed E-state index contributed by atoms with van der Waals surface area (Å²) in [7, 11) is 3.21. The van der Waals surface area contributed by atoms with Crippen molar-refractivity contribution in [1.29, 1.82) is 0 Å². The van der Waals surface area contributed by atoms with Crippen molar-refractivity contribution in [2.75, 3.05) is 20.8 Å². The highest BCUT2D eigenvalue weighted by Gasteiger charge is 2.16. The molecule has 0 fully saturated rings. The molecule has 1 amide bonds. The van der Waals surface area contributed by atoms with Crippen LogP contribution in [-0.2, 0) is 11.2 Å². The van der Waals surface area contributed by atoms with Crippen LogP contribution in [0.5, 0.6) is 17.2 Å². The van der Waals surface area contributed by atoms with Gasteiger partial charge >= 0.3 is 0 Å². The molecule has 0 aromatic heterocycles. The Bertz CT molecular complexity index is 655. The molecule has 1 atom stereocenters. The lowest BCUT2D eigenvalue weighted by Crippen LogP contribution is -2.37. The Hall–Kier alpha value is -2.69. The lowest BCUT2D eigenvalue weighted by molar-refractivity contribution is -0.127. The van der Waals surface area contributed by atoms with E-state index in [0.717, 1.165) is 17.7 Å². The van der Waals surface area contributed by atoms with Crippen LogP contribution in [0.15, 0.2) is 48.5 Å². The van der Waals surface area contributed by atoms with E-state index in [9.17, 15) is 4.79 Å². The molecule has 0 aliphatic rings. The minimum atomic E-state index is -0.600. The highest BCUT2D eigenvalue weighted by atomic mass is 16.5. The summed E-state index contributed by atoms with van der Waals surface area (Å²) in [6.07, 6.45) is 0.147. The van der Waals surface area contributed by atoms with Crippen molar-refractivity contribution >= 4 is 5.91 Å². The SMILES string of the molecule is COc1ccc(CCNC(=O)[C@H](C)Oc2ccccc2OC)cc1. The first kappa shape index (κ1) is 17.7. The highest BCUT2D eigenvalue weighted by molar-refractivity contribution is 5.80. The molecule has 24 heavy (non-hydrogen) atoms. The van der Waals surface area contributed by atoms with E-state index in [1.54, 1.807) is 33.3 Å². The lowest BCUT2D eigenvalue weighted by Gasteiger charge is -2.16. The molecule has 0 spiro atoms. The first-order valence-electron chi connectivity index (χ1n) is 7.84. The molecule has 0 aliphatic carbocycles. The fourth-order valence-corrected chi connectivity index (χ4v) is 2.23. The molecule has 5 nitrogen and oxygen atoms in total. The predicted octanol–water partition coefficient (Wildman–Crippen LogP) is 2.83. The molecule has 0 heterocycles. The van der Waals surface area contributed by atoms with E-state index in [1.807, 2.05) is 36.4 Å². The van der Waals surface area contributed by atoms with Crippen molar-refractivity contribution < 1.29 is 19.0 Å². The first-order chi connectivity index (χ1) is 11.6.